The molecule has 1 amide bonds. The zero-order valence-corrected chi connectivity index (χ0v) is 22.4. The lowest BCUT2D eigenvalue weighted by atomic mass is 9.94. The van der Waals surface area contributed by atoms with Crippen LogP contribution in [0.4, 0.5) is 10.1 Å². The second kappa shape index (κ2) is 10.9. The van der Waals surface area contributed by atoms with Gasteiger partial charge in [0.1, 0.15) is 5.82 Å². The minimum Gasteiger partial charge on any atom is -0.339 e. The van der Waals surface area contributed by atoms with Gasteiger partial charge >= 0.3 is 0 Å². The molecule has 1 fully saturated rings. The van der Waals surface area contributed by atoms with Crippen LogP contribution in [0.25, 0.3) is 0 Å². The summed E-state index contributed by atoms with van der Waals surface area (Å²) in [5, 5.41) is 7.98. The molecule has 1 N–H and O–H groups in total. The zero-order chi connectivity index (χ0) is 26.0. The molecule has 0 bridgehead atoms. The molecule has 1 saturated carbocycles. The summed E-state index contributed by atoms with van der Waals surface area (Å²) in [6.45, 7) is 2.11. The average Bonchev–Trinajstić information content (AvgIpc) is 3.51. The highest BCUT2D eigenvalue weighted by Crippen LogP contribution is 2.56. The standard InChI is InChI=1S/C28H24Cl2FN3O2S/c1-2-37-21-9-5-17(6-10-21)13-24(35)32-20-15-22(29)26(23(30)16-20)28(11-12-28)27-33-25(36-34-27)14-18-3-7-19(31)8-4-18/h3-10,15-16H,2,11-14H2,1H3,(H,32,35). The molecule has 9 heteroatoms. The lowest BCUT2D eigenvalue weighted by Crippen LogP contribution is -2.16. The fraction of sp³-hybridized carbons (Fsp3) is 0.250. The van der Waals surface area contributed by atoms with Crippen LogP contribution in [0.5, 0.6) is 0 Å². The summed E-state index contributed by atoms with van der Waals surface area (Å²) in [4.78, 5) is 18.4. The molecule has 4 aromatic rings. The van der Waals surface area contributed by atoms with E-state index in [1.165, 1.54) is 17.0 Å². The summed E-state index contributed by atoms with van der Waals surface area (Å²) in [7, 11) is 0. The first-order valence-corrected chi connectivity index (χ1v) is 13.7. The van der Waals surface area contributed by atoms with Crippen molar-refractivity contribution in [3.05, 3.63) is 105 Å². The predicted molar refractivity (Wildman–Crippen MR) is 145 cm³/mol. The van der Waals surface area contributed by atoms with Gasteiger partial charge in [-0.25, -0.2) is 4.39 Å². The third-order valence-electron chi connectivity index (χ3n) is 6.32. The Kier molecular flexibility index (Phi) is 7.56. The Morgan fingerprint density at radius 3 is 2.32 bits per heavy atom. The Labute approximate surface area is 228 Å². The first-order valence-electron chi connectivity index (χ1n) is 11.9. The van der Waals surface area contributed by atoms with Gasteiger partial charge in [0.15, 0.2) is 5.82 Å². The highest BCUT2D eigenvalue weighted by atomic mass is 35.5. The molecular formula is C28H24Cl2FN3O2S. The molecule has 5 nitrogen and oxygen atoms in total. The zero-order valence-electron chi connectivity index (χ0n) is 20.1. The van der Waals surface area contributed by atoms with E-state index in [0.29, 0.717) is 33.9 Å². The number of hydrogen-bond donors (Lipinski definition) is 1. The smallest absolute Gasteiger partial charge is 0.231 e. The topological polar surface area (TPSA) is 68.0 Å². The molecule has 37 heavy (non-hydrogen) atoms. The number of thioether (sulfide) groups is 1. The summed E-state index contributed by atoms with van der Waals surface area (Å²) in [5.74, 6) is 1.51. The Bertz CT molecular complexity index is 1400. The number of halogens is 3. The summed E-state index contributed by atoms with van der Waals surface area (Å²) in [6.07, 6.45) is 2.20. The highest BCUT2D eigenvalue weighted by molar-refractivity contribution is 7.99. The van der Waals surface area contributed by atoms with E-state index in [-0.39, 0.29) is 18.1 Å². The molecule has 1 aromatic heterocycles. The Morgan fingerprint density at radius 1 is 1.05 bits per heavy atom. The Balaban J connectivity index is 1.29. The van der Waals surface area contributed by atoms with Crippen molar-refractivity contribution in [2.75, 3.05) is 11.1 Å². The first kappa shape index (κ1) is 25.8. The van der Waals surface area contributed by atoms with E-state index in [1.807, 2.05) is 24.3 Å². The molecular weight excluding hydrogens is 532 g/mol. The van der Waals surface area contributed by atoms with Crippen LogP contribution in [0, 0.1) is 5.82 Å². The third-order valence-corrected chi connectivity index (χ3v) is 7.81. The number of hydrogen-bond acceptors (Lipinski definition) is 5. The van der Waals surface area contributed by atoms with Crippen LogP contribution in [-0.2, 0) is 23.1 Å². The van der Waals surface area contributed by atoms with Crippen LogP contribution in [0.2, 0.25) is 10.0 Å². The maximum Gasteiger partial charge on any atom is 0.231 e. The molecule has 190 valence electrons. The van der Waals surface area contributed by atoms with Gasteiger partial charge in [-0.2, -0.15) is 4.98 Å². The molecule has 0 unspecified atom stereocenters. The Hall–Kier alpha value is -2.87. The quantitative estimate of drug-likeness (QED) is 0.217. The van der Waals surface area contributed by atoms with Crippen LogP contribution in [0.15, 0.2) is 70.1 Å². The molecule has 1 aliphatic rings. The van der Waals surface area contributed by atoms with Gasteiger partial charge in [-0.05, 0) is 66.1 Å². The van der Waals surface area contributed by atoms with Crippen LogP contribution in [0.3, 0.4) is 0 Å². The lowest BCUT2D eigenvalue weighted by molar-refractivity contribution is -0.115. The molecule has 0 saturated heterocycles. The van der Waals surface area contributed by atoms with Crippen LogP contribution in [-0.4, -0.2) is 21.8 Å². The number of benzene rings is 3. The summed E-state index contributed by atoms with van der Waals surface area (Å²) in [6, 6.07) is 17.6. The van der Waals surface area contributed by atoms with E-state index in [2.05, 4.69) is 22.4 Å². The number of amides is 1. The van der Waals surface area contributed by atoms with Gasteiger partial charge in [-0.1, -0.05) is 59.5 Å². The van der Waals surface area contributed by atoms with E-state index in [1.54, 1.807) is 36.0 Å². The van der Waals surface area contributed by atoms with Crippen molar-refractivity contribution in [3.63, 3.8) is 0 Å². The van der Waals surface area contributed by atoms with E-state index < -0.39 is 5.41 Å². The number of nitrogens with one attached hydrogen (secondary N) is 1. The van der Waals surface area contributed by atoms with Gasteiger partial charge in [-0.3, -0.25) is 4.79 Å². The number of rotatable bonds is 9. The van der Waals surface area contributed by atoms with Crippen molar-refractivity contribution in [1.82, 2.24) is 10.1 Å². The van der Waals surface area contributed by atoms with Crippen molar-refractivity contribution < 1.29 is 13.7 Å². The number of nitrogens with zero attached hydrogens (tertiary/aromatic N) is 2. The molecule has 0 atom stereocenters. The molecule has 1 aliphatic carbocycles. The predicted octanol–water partition coefficient (Wildman–Crippen LogP) is 7.48. The number of aromatic nitrogens is 2. The largest absolute Gasteiger partial charge is 0.339 e. The van der Waals surface area contributed by atoms with Crippen molar-refractivity contribution in [2.24, 2.45) is 0 Å². The van der Waals surface area contributed by atoms with Gasteiger partial charge in [0.05, 0.1) is 18.3 Å². The summed E-state index contributed by atoms with van der Waals surface area (Å²) < 4.78 is 18.7. The minimum atomic E-state index is -0.528. The minimum absolute atomic E-state index is 0.152. The molecule has 0 radical (unpaired) electrons. The van der Waals surface area contributed by atoms with Crippen molar-refractivity contribution >= 4 is 46.6 Å². The normalized spacial score (nSPS) is 13.9. The molecule has 3 aromatic carbocycles. The monoisotopic (exact) mass is 555 g/mol. The second-order valence-corrected chi connectivity index (χ2v) is 11.2. The van der Waals surface area contributed by atoms with E-state index in [0.717, 1.165) is 35.3 Å². The fourth-order valence-electron chi connectivity index (χ4n) is 4.37. The van der Waals surface area contributed by atoms with Crippen LogP contribution < -0.4 is 5.32 Å². The second-order valence-electron chi connectivity index (χ2n) is 9.01. The molecule has 5 rings (SSSR count). The number of carbonyl (C=O) groups is 1. The number of anilines is 1. The van der Waals surface area contributed by atoms with Crippen molar-refractivity contribution in [3.8, 4) is 0 Å². The maximum atomic E-state index is 13.2. The van der Waals surface area contributed by atoms with Gasteiger partial charge < -0.3 is 9.84 Å². The SMILES string of the molecule is CCSc1ccc(CC(=O)Nc2cc(Cl)c(C3(c4noc(Cc5ccc(F)cc5)n4)CC3)c(Cl)c2)cc1. The fourth-order valence-corrected chi connectivity index (χ4v) is 5.88. The van der Waals surface area contributed by atoms with Crippen LogP contribution >= 0.6 is 35.0 Å². The molecule has 1 heterocycles. The third kappa shape index (κ3) is 5.84. The number of carbonyl (C=O) groups excluding carboxylic acids is 1. The molecule has 0 aliphatic heterocycles. The molecule has 0 spiro atoms. The first-order chi connectivity index (χ1) is 17.9. The van der Waals surface area contributed by atoms with Gasteiger partial charge in [0.25, 0.3) is 0 Å². The van der Waals surface area contributed by atoms with Crippen LogP contribution in [0.1, 0.15) is 48.2 Å². The maximum absolute atomic E-state index is 13.2. The summed E-state index contributed by atoms with van der Waals surface area (Å²) in [5.41, 5.74) is 2.53. The summed E-state index contributed by atoms with van der Waals surface area (Å²) >= 11 is 15.1. The van der Waals surface area contributed by atoms with Crippen molar-refractivity contribution in [2.45, 2.75) is 42.9 Å². The van der Waals surface area contributed by atoms with Gasteiger partial charge in [-0.15, -0.1) is 11.8 Å². The average molecular weight is 556 g/mol. The van der Waals surface area contributed by atoms with Crippen molar-refractivity contribution in [1.29, 1.82) is 0 Å². The van der Waals surface area contributed by atoms with Gasteiger partial charge in [0, 0.05) is 26.2 Å². The van der Waals surface area contributed by atoms with E-state index in [4.69, 9.17) is 27.7 Å². The van der Waals surface area contributed by atoms with Gasteiger partial charge in [0.2, 0.25) is 11.8 Å². The lowest BCUT2D eigenvalue weighted by Gasteiger charge is -2.17. The Morgan fingerprint density at radius 2 is 1.70 bits per heavy atom. The van der Waals surface area contributed by atoms with E-state index in [9.17, 15) is 9.18 Å². The highest BCUT2D eigenvalue weighted by Gasteiger charge is 2.52. The van der Waals surface area contributed by atoms with E-state index >= 15 is 0 Å².